The van der Waals surface area contributed by atoms with Crippen LogP contribution in [0.3, 0.4) is 0 Å². The Labute approximate surface area is 210 Å². The maximum absolute atomic E-state index is 12.8. The molecule has 1 unspecified atom stereocenters. The van der Waals surface area contributed by atoms with E-state index < -0.39 is 0 Å². The molecule has 190 valence electrons. The Morgan fingerprint density at radius 3 is 2.80 bits per heavy atom. The normalized spacial score (nSPS) is 19.5. The van der Waals surface area contributed by atoms with E-state index in [2.05, 4.69) is 15.2 Å². The molecular formula is C24H33ClN6O4. The fraction of sp³-hybridized carbons (Fsp3) is 0.542. The summed E-state index contributed by atoms with van der Waals surface area (Å²) in [6, 6.07) is 3.10. The van der Waals surface area contributed by atoms with Gasteiger partial charge in [0.15, 0.2) is 0 Å². The molecule has 0 spiro atoms. The second-order valence-electron chi connectivity index (χ2n) is 8.95. The van der Waals surface area contributed by atoms with Crippen LogP contribution in [0.4, 0.5) is 10.5 Å². The Morgan fingerprint density at radius 1 is 1.29 bits per heavy atom. The predicted octanol–water partition coefficient (Wildman–Crippen LogP) is 2.33. The molecule has 0 saturated carbocycles. The van der Waals surface area contributed by atoms with Crippen LogP contribution in [-0.2, 0) is 4.74 Å². The van der Waals surface area contributed by atoms with Crippen molar-refractivity contribution in [2.24, 2.45) is 5.92 Å². The minimum Gasteiger partial charge on any atom is -0.493 e. The molecule has 0 aliphatic carbocycles. The zero-order valence-corrected chi connectivity index (χ0v) is 20.7. The Balaban J connectivity index is 1.24. The molecule has 3 N–H and O–H groups in total. The molecule has 2 aromatic rings. The van der Waals surface area contributed by atoms with Crippen LogP contribution in [0.1, 0.15) is 30.1 Å². The Morgan fingerprint density at radius 2 is 2.09 bits per heavy atom. The average Bonchev–Trinajstić information content (AvgIpc) is 3.40. The molecule has 2 saturated heterocycles. The number of halogens is 1. The number of imidazole rings is 1. The van der Waals surface area contributed by atoms with Crippen LogP contribution in [0.5, 0.6) is 5.75 Å². The van der Waals surface area contributed by atoms with Gasteiger partial charge in [-0.05, 0) is 31.7 Å². The smallest absolute Gasteiger partial charge is 0.329 e. The number of piperidine rings is 1. The van der Waals surface area contributed by atoms with Crippen molar-refractivity contribution in [1.82, 2.24) is 24.7 Å². The van der Waals surface area contributed by atoms with Crippen molar-refractivity contribution in [2.75, 3.05) is 58.2 Å². The molecular weight excluding hydrogens is 472 g/mol. The van der Waals surface area contributed by atoms with Crippen LogP contribution >= 0.6 is 11.6 Å². The lowest BCUT2D eigenvalue weighted by Crippen LogP contribution is -2.50. The molecule has 0 radical (unpaired) electrons. The van der Waals surface area contributed by atoms with E-state index in [-0.39, 0.29) is 18.0 Å². The van der Waals surface area contributed by atoms with E-state index in [1.54, 1.807) is 24.8 Å². The lowest BCUT2D eigenvalue weighted by Gasteiger charge is -2.38. The third-order valence-corrected chi connectivity index (χ3v) is 6.81. The van der Waals surface area contributed by atoms with Crippen LogP contribution < -0.4 is 15.8 Å². The lowest BCUT2D eigenvalue weighted by molar-refractivity contribution is -0.0330. The molecule has 2 fully saturated rings. The van der Waals surface area contributed by atoms with E-state index in [4.69, 9.17) is 26.8 Å². The van der Waals surface area contributed by atoms with Gasteiger partial charge in [-0.2, -0.15) is 0 Å². The van der Waals surface area contributed by atoms with Crippen molar-refractivity contribution in [3.63, 3.8) is 0 Å². The highest BCUT2D eigenvalue weighted by Gasteiger charge is 2.28. The zero-order valence-electron chi connectivity index (χ0n) is 20.0. The van der Waals surface area contributed by atoms with Crippen molar-refractivity contribution >= 4 is 29.2 Å². The summed E-state index contributed by atoms with van der Waals surface area (Å²) in [5.74, 6) is 0.669. The van der Waals surface area contributed by atoms with E-state index in [9.17, 15) is 9.59 Å². The molecule has 2 aliphatic rings. The van der Waals surface area contributed by atoms with Crippen molar-refractivity contribution < 1.29 is 19.1 Å². The highest BCUT2D eigenvalue weighted by molar-refractivity contribution is 6.33. The van der Waals surface area contributed by atoms with Gasteiger partial charge in [0.25, 0.3) is 5.91 Å². The summed E-state index contributed by atoms with van der Waals surface area (Å²) < 4.78 is 13.0. The summed E-state index contributed by atoms with van der Waals surface area (Å²) in [5, 5.41) is 3.26. The fourth-order valence-electron chi connectivity index (χ4n) is 4.60. The fourth-order valence-corrected chi connectivity index (χ4v) is 4.76. The zero-order chi connectivity index (χ0) is 24.8. The summed E-state index contributed by atoms with van der Waals surface area (Å²) in [4.78, 5) is 33.5. The number of hydrogen-bond donors (Lipinski definition) is 2. The number of benzene rings is 1. The second kappa shape index (κ2) is 11.7. The largest absolute Gasteiger partial charge is 0.493 e. The van der Waals surface area contributed by atoms with Crippen LogP contribution in [0.25, 0.3) is 0 Å². The van der Waals surface area contributed by atoms with Crippen molar-refractivity contribution in [2.45, 2.75) is 25.9 Å². The van der Waals surface area contributed by atoms with E-state index in [1.165, 1.54) is 10.6 Å². The molecule has 35 heavy (non-hydrogen) atoms. The van der Waals surface area contributed by atoms with Gasteiger partial charge in [-0.1, -0.05) is 11.6 Å². The van der Waals surface area contributed by atoms with Gasteiger partial charge >= 0.3 is 6.03 Å². The number of likely N-dealkylation sites (tertiary alicyclic amines) is 1. The third-order valence-electron chi connectivity index (χ3n) is 6.48. The molecule has 2 amide bonds. The third kappa shape index (κ3) is 6.45. The number of aromatic nitrogens is 2. The molecule has 1 aromatic carbocycles. The minimum absolute atomic E-state index is 0.0157. The molecule has 2 aliphatic heterocycles. The number of rotatable bonds is 7. The Hall–Kier alpha value is -2.82. The number of nitrogens with two attached hydrogens (primary N) is 1. The minimum atomic E-state index is -0.272. The number of nitrogens with zero attached hydrogens (tertiary/aromatic N) is 4. The maximum atomic E-state index is 12.8. The topological polar surface area (TPSA) is 115 Å². The Bertz CT molecular complexity index is 1010. The standard InChI is InChI=1S/C24H33ClN6O4/c1-2-34-22-12-21(26)20(25)11-19(22)23(32)28-13-18-15-29(9-10-35-18)14-17-3-6-30(7-4-17)24(33)31-8-5-27-16-31/h5,8,11-12,16-18H,2-4,6-7,9-10,13-15,26H2,1H3,(H,28,32). The predicted molar refractivity (Wildman–Crippen MR) is 133 cm³/mol. The number of ether oxygens (including phenoxy) is 2. The number of carbonyl (C=O) groups excluding carboxylic acids is 2. The van der Waals surface area contributed by atoms with Crippen LogP contribution in [0.2, 0.25) is 5.02 Å². The molecule has 1 atom stereocenters. The first kappa shape index (κ1) is 25.3. The van der Waals surface area contributed by atoms with E-state index in [1.807, 2.05) is 11.8 Å². The van der Waals surface area contributed by atoms with Crippen LogP contribution in [0, 0.1) is 5.92 Å². The van der Waals surface area contributed by atoms with Gasteiger partial charge < -0.3 is 25.4 Å². The monoisotopic (exact) mass is 504 g/mol. The SMILES string of the molecule is CCOc1cc(N)c(Cl)cc1C(=O)NCC1CN(CC2CCN(C(=O)n3ccnc3)CC2)CCO1. The summed E-state index contributed by atoms with van der Waals surface area (Å²) in [5.41, 5.74) is 6.58. The number of hydrogen-bond acceptors (Lipinski definition) is 7. The van der Waals surface area contributed by atoms with E-state index in [0.717, 1.165) is 45.6 Å². The van der Waals surface area contributed by atoms with Gasteiger partial charge in [-0.3, -0.25) is 14.3 Å². The summed E-state index contributed by atoms with van der Waals surface area (Å²) in [6.45, 7) is 7.34. The van der Waals surface area contributed by atoms with Crippen molar-refractivity contribution in [3.05, 3.63) is 41.4 Å². The van der Waals surface area contributed by atoms with Crippen LogP contribution in [0.15, 0.2) is 30.9 Å². The molecule has 11 heteroatoms. The maximum Gasteiger partial charge on any atom is 0.329 e. The summed E-state index contributed by atoms with van der Waals surface area (Å²) >= 11 is 6.13. The number of morpholine rings is 1. The number of anilines is 1. The lowest BCUT2D eigenvalue weighted by atomic mass is 9.96. The van der Waals surface area contributed by atoms with E-state index in [0.29, 0.717) is 47.7 Å². The van der Waals surface area contributed by atoms with Crippen LogP contribution in [-0.4, -0.2) is 89.9 Å². The highest BCUT2D eigenvalue weighted by atomic mass is 35.5. The second-order valence-corrected chi connectivity index (χ2v) is 9.36. The number of nitrogen functional groups attached to an aromatic ring is 1. The Kier molecular flexibility index (Phi) is 8.48. The highest BCUT2D eigenvalue weighted by Crippen LogP contribution is 2.29. The molecule has 3 heterocycles. The average molecular weight is 505 g/mol. The van der Waals surface area contributed by atoms with Gasteiger partial charge in [0, 0.05) is 57.7 Å². The number of carbonyl (C=O) groups is 2. The first-order valence-electron chi connectivity index (χ1n) is 12.1. The van der Waals surface area contributed by atoms with Gasteiger partial charge in [0.2, 0.25) is 0 Å². The quantitative estimate of drug-likeness (QED) is 0.556. The first-order chi connectivity index (χ1) is 16.9. The molecule has 1 aromatic heterocycles. The van der Waals surface area contributed by atoms with Gasteiger partial charge in [-0.15, -0.1) is 0 Å². The molecule has 4 rings (SSSR count). The van der Waals surface area contributed by atoms with Gasteiger partial charge in [-0.25, -0.2) is 9.78 Å². The summed E-state index contributed by atoms with van der Waals surface area (Å²) in [7, 11) is 0. The number of nitrogens with one attached hydrogen (secondary N) is 1. The van der Waals surface area contributed by atoms with Crippen molar-refractivity contribution in [3.8, 4) is 5.75 Å². The molecule has 0 bridgehead atoms. The molecule has 10 nitrogen and oxygen atoms in total. The number of amides is 2. The van der Waals surface area contributed by atoms with Gasteiger partial charge in [0.1, 0.15) is 12.1 Å². The van der Waals surface area contributed by atoms with Gasteiger partial charge in [0.05, 0.1) is 35.6 Å². The van der Waals surface area contributed by atoms with Crippen molar-refractivity contribution in [1.29, 1.82) is 0 Å². The summed E-state index contributed by atoms with van der Waals surface area (Å²) in [6.07, 6.45) is 6.68. The van der Waals surface area contributed by atoms with E-state index >= 15 is 0 Å². The first-order valence-corrected chi connectivity index (χ1v) is 12.4.